The quantitative estimate of drug-likeness (QED) is 0.669. The first-order valence-electron chi connectivity index (χ1n) is 6.95. The third kappa shape index (κ3) is 1.84. The van der Waals surface area contributed by atoms with Gasteiger partial charge in [0.05, 0.1) is 6.10 Å². The second-order valence-electron chi connectivity index (χ2n) is 5.38. The van der Waals surface area contributed by atoms with Crippen LogP contribution < -0.4 is 0 Å². The normalized spacial score (nSPS) is 43.8. The van der Waals surface area contributed by atoms with Crippen LogP contribution in [0.25, 0.3) is 0 Å². The predicted octanol–water partition coefficient (Wildman–Crippen LogP) is 3.87. The zero-order chi connectivity index (χ0) is 10.8. The van der Waals surface area contributed by atoms with E-state index >= 15 is 0 Å². The highest BCUT2D eigenvalue weighted by Gasteiger charge is 2.53. The Morgan fingerprint density at radius 1 is 0.933 bits per heavy atom. The molecule has 0 amide bonds. The van der Waals surface area contributed by atoms with E-state index in [0.29, 0.717) is 6.10 Å². The molecule has 2 bridgehead atoms. The number of fused-ring (bicyclic) bond motifs is 2. The van der Waals surface area contributed by atoms with Crippen molar-refractivity contribution in [1.29, 1.82) is 0 Å². The Kier molecular flexibility index (Phi) is 3.71. The maximum absolute atomic E-state index is 6.10. The van der Waals surface area contributed by atoms with Crippen molar-refractivity contribution in [3.63, 3.8) is 0 Å². The van der Waals surface area contributed by atoms with Gasteiger partial charge in [0.15, 0.2) is 0 Å². The summed E-state index contributed by atoms with van der Waals surface area (Å²) < 4.78 is 6.10. The fraction of sp³-hybridized carbons (Fsp3) is 1.00. The van der Waals surface area contributed by atoms with Crippen LogP contribution in [0.3, 0.4) is 0 Å². The molecule has 0 aromatic carbocycles. The number of hydrogen-bond acceptors (Lipinski definition) is 1. The first-order valence-corrected chi connectivity index (χ1v) is 6.95. The van der Waals surface area contributed by atoms with Gasteiger partial charge in [0.2, 0.25) is 0 Å². The van der Waals surface area contributed by atoms with E-state index in [0.717, 1.165) is 30.3 Å². The fourth-order valence-electron chi connectivity index (χ4n) is 4.29. The first kappa shape index (κ1) is 11.4. The molecule has 0 N–H and O–H groups in total. The van der Waals surface area contributed by atoms with E-state index in [1.807, 2.05) is 0 Å². The van der Waals surface area contributed by atoms with Crippen molar-refractivity contribution in [2.45, 2.75) is 59.0 Å². The summed E-state index contributed by atoms with van der Waals surface area (Å²) in [7, 11) is 0. The lowest BCUT2D eigenvalue weighted by atomic mass is 9.77. The molecule has 0 aromatic heterocycles. The Morgan fingerprint density at radius 2 is 1.47 bits per heavy atom. The largest absolute Gasteiger partial charge is 0.378 e. The summed E-state index contributed by atoms with van der Waals surface area (Å²) in [4.78, 5) is 0. The van der Waals surface area contributed by atoms with Crippen molar-refractivity contribution in [3.8, 4) is 0 Å². The SMILES string of the molecule is CCCOC1C2CCC1C(CC)C2CC. The summed E-state index contributed by atoms with van der Waals surface area (Å²) >= 11 is 0. The maximum Gasteiger partial charge on any atom is 0.0636 e. The summed E-state index contributed by atoms with van der Waals surface area (Å²) in [5.74, 6) is 3.74. The van der Waals surface area contributed by atoms with E-state index in [4.69, 9.17) is 4.74 Å². The summed E-state index contributed by atoms with van der Waals surface area (Å²) in [5, 5.41) is 0. The molecule has 0 aromatic rings. The number of hydrogen-bond donors (Lipinski definition) is 0. The summed E-state index contributed by atoms with van der Waals surface area (Å²) in [6.07, 6.45) is 7.41. The minimum atomic E-state index is 0.625. The van der Waals surface area contributed by atoms with Gasteiger partial charge in [-0.3, -0.25) is 0 Å². The third-order valence-corrected chi connectivity index (χ3v) is 4.78. The molecule has 2 fully saturated rings. The van der Waals surface area contributed by atoms with Gasteiger partial charge in [0.25, 0.3) is 0 Å². The van der Waals surface area contributed by atoms with E-state index in [9.17, 15) is 0 Å². The molecule has 0 heterocycles. The second kappa shape index (κ2) is 4.86. The van der Waals surface area contributed by atoms with Gasteiger partial charge < -0.3 is 4.74 Å². The fourth-order valence-corrected chi connectivity index (χ4v) is 4.29. The van der Waals surface area contributed by atoms with Crippen molar-refractivity contribution in [3.05, 3.63) is 0 Å². The molecule has 0 saturated heterocycles. The Bertz CT molecular complexity index is 184. The van der Waals surface area contributed by atoms with Crippen molar-refractivity contribution in [1.82, 2.24) is 0 Å². The average molecular weight is 210 g/mol. The van der Waals surface area contributed by atoms with Crippen molar-refractivity contribution in [2.75, 3.05) is 6.61 Å². The topological polar surface area (TPSA) is 9.23 Å². The van der Waals surface area contributed by atoms with Crippen LogP contribution in [-0.4, -0.2) is 12.7 Å². The molecular weight excluding hydrogens is 184 g/mol. The molecule has 88 valence electrons. The summed E-state index contributed by atoms with van der Waals surface area (Å²) in [5.41, 5.74) is 0. The molecule has 15 heavy (non-hydrogen) atoms. The lowest BCUT2D eigenvalue weighted by Crippen LogP contribution is -2.20. The van der Waals surface area contributed by atoms with Gasteiger partial charge in [0.1, 0.15) is 0 Å². The average Bonchev–Trinajstić information content (AvgIpc) is 2.79. The molecule has 1 heteroatoms. The van der Waals surface area contributed by atoms with Crippen molar-refractivity contribution < 1.29 is 4.74 Å². The van der Waals surface area contributed by atoms with Crippen molar-refractivity contribution >= 4 is 0 Å². The third-order valence-electron chi connectivity index (χ3n) is 4.78. The van der Waals surface area contributed by atoms with E-state index in [2.05, 4.69) is 20.8 Å². The molecular formula is C14H26O. The predicted molar refractivity (Wildman–Crippen MR) is 63.8 cm³/mol. The number of ether oxygens (including phenoxy) is 1. The Labute approximate surface area is 94.6 Å². The van der Waals surface area contributed by atoms with Gasteiger partial charge in [-0.25, -0.2) is 0 Å². The first-order chi connectivity index (χ1) is 7.33. The van der Waals surface area contributed by atoms with Crippen LogP contribution in [0, 0.1) is 23.7 Å². The highest BCUT2D eigenvalue weighted by atomic mass is 16.5. The van der Waals surface area contributed by atoms with Crippen LogP contribution in [-0.2, 0) is 4.74 Å². The molecule has 2 saturated carbocycles. The molecule has 0 spiro atoms. The highest BCUT2D eigenvalue weighted by Crippen LogP contribution is 2.55. The maximum atomic E-state index is 6.10. The molecule has 0 radical (unpaired) electrons. The lowest BCUT2D eigenvalue weighted by molar-refractivity contribution is 0.0169. The van der Waals surface area contributed by atoms with E-state index in [-0.39, 0.29) is 0 Å². The smallest absolute Gasteiger partial charge is 0.0636 e. The van der Waals surface area contributed by atoms with Crippen LogP contribution in [0.15, 0.2) is 0 Å². The van der Waals surface area contributed by atoms with Crippen LogP contribution in [0.2, 0.25) is 0 Å². The zero-order valence-electron chi connectivity index (χ0n) is 10.5. The van der Waals surface area contributed by atoms with Gasteiger partial charge in [-0.1, -0.05) is 33.6 Å². The zero-order valence-corrected chi connectivity index (χ0v) is 10.5. The van der Waals surface area contributed by atoms with Crippen LogP contribution in [0.4, 0.5) is 0 Å². The molecule has 4 atom stereocenters. The Morgan fingerprint density at radius 3 is 1.87 bits per heavy atom. The molecule has 2 aliphatic carbocycles. The molecule has 0 aliphatic heterocycles. The molecule has 2 aliphatic rings. The Hall–Kier alpha value is -0.0400. The minimum Gasteiger partial charge on any atom is -0.378 e. The summed E-state index contributed by atoms with van der Waals surface area (Å²) in [6.45, 7) is 7.92. The van der Waals surface area contributed by atoms with Gasteiger partial charge in [-0.15, -0.1) is 0 Å². The van der Waals surface area contributed by atoms with Gasteiger partial charge in [-0.2, -0.15) is 0 Å². The van der Waals surface area contributed by atoms with Crippen LogP contribution in [0.5, 0.6) is 0 Å². The summed E-state index contributed by atoms with van der Waals surface area (Å²) in [6, 6.07) is 0. The van der Waals surface area contributed by atoms with Gasteiger partial charge >= 0.3 is 0 Å². The van der Waals surface area contributed by atoms with Crippen LogP contribution >= 0.6 is 0 Å². The number of rotatable bonds is 5. The van der Waals surface area contributed by atoms with Crippen molar-refractivity contribution in [2.24, 2.45) is 23.7 Å². The van der Waals surface area contributed by atoms with Gasteiger partial charge in [-0.05, 0) is 42.9 Å². The molecule has 4 unspecified atom stereocenters. The Balaban J connectivity index is 2.02. The van der Waals surface area contributed by atoms with Crippen LogP contribution in [0.1, 0.15) is 52.9 Å². The van der Waals surface area contributed by atoms with E-state index < -0.39 is 0 Å². The standard InChI is InChI=1S/C14H26O/c1-4-9-15-14-12-7-8-13(14)11(6-3)10(12)5-2/h10-14H,4-9H2,1-3H3. The van der Waals surface area contributed by atoms with Gasteiger partial charge in [0, 0.05) is 6.61 Å². The monoisotopic (exact) mass is 210 g/mol. The lowest BCUT2D eigenvalue weighted by Gasteiger charge is -2.28. The van der Waals surface area contributed by atoms with E-state index in [1.54, 1.807) is 0 Å². The second-order valence-corrected chi connectivity index (χ2v) is 5.38. The highest BCUT2D eigenvalue weighted by molar-refractivity contribution is 5.02. The minimum absolute atomic E-state index is 0.625. The molecule has 2 rings (SSSR count). The van der Waals surface area contributed by atoms with E-state index in [1.165, 1.54) is 32.1 Å². The molecule has 1 nitrogen and oxygen atoms in total.